The minimum Gasteiger partial charge on any atom is -0.456 e. The maximum Gasteiger partial charge on any atom is 0.293 e. The maximum atomic E-state index is 12.1. The number of hydrogen-bond donors (Lipinski definition) is 2. The molecule has 0 atom stereocenters. The normalized spacial score (nSPS) is 10.5. The first-order valence-electron chi connectivity index (χ1n) is 8.24. The summed E-state index contributed by atoms with van der Waals surface area (Å²) in [7, 11) is 0. The monoisotopic (exact) mass is 353 g/mol. The molecule has 0 saturated carbocycles. The van der Waals surface area contributed by atoms with E-state index in [9.17, 15) is 9.59 Å². The first kappa shape index (κ1) is 17.4. The molecule has 0 radical (unpaired) electrons. The number of amides is 2. The van der Waals surface area contributed by atoms with E-state index in [-0.39, 0.29) is 24.2 Å². The van der Waals surface area contributed by atoms with Crippen molar-refractivity contribution in [3.63, 3.8) is 0 Å². The fourth-order valence-corrected chi connectivity index (χ4v) is 2.28. The minimum atomic E-state index is -0.434. The van der Waals surface area contributed by atoms with Gasteiger partial charge in [-0.1, -0.05) is 37.3 Å². The van der Waals surface area contributed by atoms with Gasteiger partial charge in [-0.3, -0.25) is 14.9 Å². The number of nitrogens with zero attached hydrogens (tertiary/aromatic N) is 3. The molecule has 0 aliphatic rings. The molecule has 0 aliphatic carbocycles. The van der Waals surface area contributed by atoms with Crippen LogP contribution in [0.1, 0.15) is 28.8 Å². The second-order valence-electron chi connectivity index (χ2n) is 5.60. The molecular formula is C18H19N5O3. The van der Waals surface area contributed by atoms with Crippen LogP contribution in [-0.4, -0.2) is 26.6 Å². The first-order valence-corrected chi connectivity index (χ1v) is 8.24. The van der Waals surface area contributed by atoms with Gasteiger partial charge in [-0.05, 0) is 17.7 Å². The quantitative estimate of drug-likeness (QED) is 0.676. The van der Waals surface area contributed by atoms with Gasteiger partial charge in [-0.25, -0.2) is 9.67 Å². The second kappa shape index (κ2) is 8.11. The van der Waals surface area contributed by atoms with Crippen LogP contribution < -0.4 is 10.6 Å². The first-order chi connectivity index (χ1) is 12.6. The molecule has 0 saturated heterocycles. The van der Waals surface area contributed by atoms with Gasteiger partial charge in [0.05, 0.1) is 0 Å². The molecule has 2 amide bonds. The molecule has 26 heavy (non-hydrogen) atoms. The van der Waals surface area contributed by atoms with Crippen LogP contribution in [0.25, 0.3) is 0 Å². The molecule has 0 spiro atoms. The van der Waals surface area contributed by atoms with E-state index in [0.717, 1.165) is 11.3 Å². The third-order valence-corrected chi connectivity index (χ3v) is 3.63. The summed E-state index contributed by atoms with van der Waals surface area (Å²) >= 11 is 0. The summed E-state index contributed by atoms with van der Waals surface area (Å²) in [6.45, 7) is 2.39. The van der Waals surface area contributed by atoms with E-state index in [0.29, 0.717) is 13.0 Å². The highest BCUT2D eigenvalue weighted by Gasteiger charge is 2.13. The fourth-order valence-electron chi connectivity index (χ4n) is 2.28. The number of hydrogen-bond acceptors (Lipinski definition) is 5. The standard InChI is InChI=1S/C18H19N5O3/c1-2-14-8-9-15(26-14)17(25)21-18-20-12-23(22-18)11-16(24)19-10-13-6-4-3-5-7-13/h3-9,12H,2,10-11H2,1H3,(H,19,24)(H,21,22,25). The zero-order valence-electron chi connectivity index (χ0n) is 14.3. The molecule has 0 fully saturated rings. The molecule has 2 heterocycles. The predicted molar refractivity (Wildman–Crippen MR) is 94.3 cm³/mol. The Morgan fingerprint density at radius 1 is 1.15 bits per heavy atom. The Morgan fingerprint density at radius 3 is 2.69 bits per heavy atom. The number of carbonyl (C=O) groups is 2. The van der Waals surface area contributed by atoms with Gasteiger partial charge in [0, 0.05) is 13.0 Å². The van der Waals surface area contributed by atoms with E-state index in [1.54, 1.807) is 12.1 Å². The van der Waals surface area contributed by atoms with Gasteiger partial charge in [-0.15, -0.1) is 5.10 Å². The van der Waals surface area contributed by atoms with Gasteiger partial charge in [-0.2, -0.15) is 0 Å². The fraction of sp³-hybridized carbons (Fsp3) is 0.222. The lowest BCUT2D eigenvalue weighted by Gasteiger charge is -2.05. The van der Waals surface area contributed by atoms with Crippen LogP contribution in [0.3, 0.4) is 0 Å². The number of furan rings is 1. The Morgan fingerprint density at radius 2 is 1.96 bits per heavy atom. The molecule has 3 rings (SSSR count). The van der Waals surface area contributed by atoms with Gasteiger partial charge < -0.3 is 9.73 Å². The maximum absolute atomic E-state index is 12.1. The van der Waals surface area contributed by atoms with Crippen LogP contribution >= 0.6 is 0 Å². The van der Waals surface area contributed by atoms with Crippen molar-refractivity contribution in [2.45, 2.75) is 26.4 Å². The largest absolute Gasteiger partial charge is 0.456 e. The van der Waals surface area contributed by atoms with Gasteiger partial charge in [0.25, 0.3) is 5.91 Å². The lowest BCUT2D eigenvalue weighted by molar-refractivity contribution is -0.122. The average Bonchev–Trinajstić information content (AvgIpc) is 3.30. The number of nitrogens with one attached hydrogen (secondary N) is 2. The molecule has 3 aromatic rings. The zero-order chi connectivity index (χ0) is 18.4. The van der Waals surface area contributed by atoms with Crippen molar-refractivity contribution in [3.8, 4) is 0 Å². The molecule has 1 aromatic carbocycles. The Bertz CT molecular complexity index is 885. The minimum absolute atomic E-state index is 0.0104. The summed E-state index contributed by atoms with van der Waals surface area (Å²) in [5, 5.41) is 9.41. The molecule has 0 aliphatic heterocycles. The summed E-state index contributed by atoms with van der Waals surface area (Å²) in [4.78, 5) is 28.0. The van der Waals surface area contributed by atoms with E-state index in [1.807, 2.05) is 37.3 Å². The molecule has 0 bridgehead atoms. The van der Waals surface area contributed by atoms with E-state index in [2.05, 4.69) is 20.7 Å². The summed E-state index contributed by atoms with van der Waals surface area (Å²) in [6.07, 6.45) is 2.09. The summed E-state index contributed by atoms with van der Waals surface area (Å²) in [5.74, 6) is 0.397. The van der Waals surface area contributed by atoms with Crippen molar-refractivity contribution in [2.75, 3.05) is 5.32 Å². The number of aryl methyl sites for hydroxylation is 1. The molecule has 2 N–H and O–H groups in total. The van der Waals surface area contributed by atoms with Crippen molar-refractivity contribution in [3.05, 3.63) is 65.9 Å². The zero-order valence-corrected chi connectivity index (χ0v) is 14.3. The van der Waals surface area contributed by atoms with E-state index in [1.165, 1.54) is 11.0 Å². The van der Waals surface area contributed by atoms with Crippen LogP contribution in [0.5, 0.6) is 0 Å². The topological polar surface area (TPSA) is 102 Å². The van der Waals surface area contributed by atoms with Crippen LogP contribution in [0.4, 0.5) is 5.95 Å². The number of rotatable bonds is 7. The molecular weight excluding hydrogens is 334 g/mol. The molecule has 2 aromatic heterocycles. The summed E-state index contributed by atoms with van der Waals surface area (Å²) in [6, 6.07) is 13.0. The van der Waals surface area contributed by atoms with Gasteiger partial charge in [0.1, 0.15) is 18.6 Å². The van der Waals surface area contributed by atoms with Crippen molar-refractivity contribution in [1.29, 1.82) is 0 Å². The van der Waals surface area contributed by atoms with Gasteiger partial charge >= 0.3 is 0 Å². The van der Waals surface area contributed by atoms with Crippen LogP contribution in [0.15, 0.2) is 53.2 Å². The van der Waals surface area contributed by atoms with Gasteiger partial charge in [0.2, 0.25) is 11.9 Å². The lowest BCUT2D eigenvalue weighted by Crippen LogP contribution is -2.27. The van der Waals surface area contributed by atoms with Gasteiger partial charge in [0.15, 0.2) is 5.76 Å². The van der Waals surface area contributed by atoms with Crippen molar-refractivity contribution >= 4 is 17.8 Å². The van der Waals surface area contributed by atoms with Crippen LogP contribution in [0, 0.1) is 0 Å². The highest BCUT2D eigenvalue weighted by molar-refractivity contribution is 6.01. The van der Waals surface area contributed by atoms with Crippen LogP contribution in [0.2, 0.25) is 0 Å². The highest BCUT2D eigenvalue weighted by atomic mass is 16.3. The number of aromatic nitrogens is 3. The SMILES string of the molecule is CCc1ccc(C(=O)Nc2ncn(CC(=O)NCc3ccccc3)n2)o1. The van der Waals surface area contributed by atoms with Crippen LogP contribution in [-0.2, 0) is 24.3 Å². The Kier molecular flexibility index (Phi) is 5.43. The molecule has 0 unspecified atom stereocenters. The Labute approximate surface area is 150 Å². The summed E-state index contributed by atoms with van der Waals surface area (Å²) in [5.41, 5.74) is 1.01. The number of carbonyl (C=O) groups excluding carboxylic acids is 2. The van der Waals surface area contributed by atoms with E-state index >= 15 is 0 Å². The third kappa shape index (κ3) is 4.56. The summed E-state index contributed by atoms with van der Waals surface area (Å²) < 4.78 is 6.73. The smallest absolute Gasteiger partial charge is 0.293 e. The van der Waals surface area contributed by atoms with Crippen molar-refractivity contribution in [2.24, 2.45) is 0 Å². The average molecular weight is 353 g/mol. The molecule has 8 heteroatoms. The Balaban J connectivity index is 1.51. The predicted octanol–water partition coefficient (Wildman–Crippen LogP) is 2.00. The van der Waals surface area contributed by atoms with Crippen molar-refractivity contribution in [1.82, 2.24) is 20.1 Å². The Hall–Kier alpha value is -3.42. The number of anilines is 1. The second-order valence-corrected chi connectivity index (χ2v) is 5.60. The molecule has 8 nitrogen and oxygen atoms in total. The van der Waals surface area contributed by atoms with E-state index in [4.69, 9.17) is 4.42 Å². The molecule has 134 valence electrons. The lowest BCUT2D eigenvalue weighted by atomic mass is 10.2. The van der Waals surface area contributed by atoms with Crippen molar-refractivity contribution < 1.29 is 14.0 Å². The highest BCUT2D eigenvalue weighted by Crippen LogP contribution is 2.10. The van der Waals surface area contributed by atoms with E-state index < -0.39 is 5.91 Å². The number of benzene rings is 1. The third-order valence-electron chi connectivity index (χ3n) is 3.63.